The Hall–Kier alpha value is -1.00. The normalized spacial score (nSPS) is 10.8. The van der Waals surface area contributed by atoms with Crippen LogP contribution in [0, 0.1) is 0 Å². The average molecular weight is 252 g/mol. The van der Waals surface area contributed by atoms with E-state index >= 15 is 0 Å². The Morgan fingerprint density at radius 3 is 2.88 bits per heavy atom. The van der Waals surface area contributed by atoms with Gasteiger partial charge in [0.15, 0.2) is 0 Å². The van der Waals surface area contributed by atoms with E-state index in [-0.39, 0.29) is 5.91 Å². The molecule has 1 rings (SSSR count). The molecule has 17 heavy (non-hydrogen) atoms. The summed E-state index contributed by atoms with van der Waals surface area (Å²) in [6.07, 6.45) is 0.430. The van der Waals surface area contributed by atoms with Gasteiger partial charge in [0.25, 0.3) is 0 Å². The molecule has 0 saturated carbocycles. The molecular weight excluding hydrogens is 232 g/mol. The number of carbonyl (C=O) groups is 1. The standard InChI is InChI=1S/C13H20N2OS/c1-10(2)15-9-11-4-3-5-12(8-11)17-7-6-13(14)16/h3-5,8,10,15H,6-7,9H2,1-2H3,(H2,14,16). The second-order valence-electron chi connectivity index (χ2n) is 4.25. The average Bonchev–Trinajstić information content (AvgIpc) is 2.26. The third-order valence-electron chi connectivity index (χ3n) is 2.23. The molecule has 0 aromatic heterocycles. The smallest absolute Gasteiger partial charge is 0.218 e. The fraction of sp³-hybridized carbons (Fsp3) is 0.462. The van der Waals surface area contributed by atoms with Crippen molar-refractivity contribution in [2.24, 2.45) is 5.73 Å². The highest BCUT2D eigenvalue weighted by molar-refractivity contribution is 7.99. The van der Waals surface area contributed by atoms with Gasteiger partial charge in [0, 0.05) is 29.7 Å². The Morgan fingerprint density at radius 1 is 1.47 bits per heavy atom. The molecule has 0 bridgehead atoms. The molecule has 0 aliphatic rings. The third-order valence-corrected chi connectivity index (χ3v) is 3.23. The number of nitrogens with one attached hydrogen (secondary N) is 1. The molecular formula is C13H20N2OS. The van der Waals surface area contributed by atoms with E-state index in [2.05, 4.69) is 37.4 Å². The molecule has 0 aliphatic carbocycles. The number of nitrogens with two attached hydrogens (primary N) is 1. The minimum atomic E-state index is -0.241. The van der Waals surface area contributed by atoms with Gasteiger partial charge in [-0.1, -0.05) is 26.0 Å². The zero-order valence-corrected chi connectivity index (χ0v) is 11.2. The molecule has 1 aromatic rings. The monoisotopic (exact) mass is 252 g/mol. The van der Waals surface area contributed by atoms with Crippen molar-refractivity contribution in [1.82, 2.24) is 5.32 Å². The van der Waals surface area contributed by atoms with Crippen molar-refractivity contribution in [2.75, 3.05) is 5.75 Å². The van der Waals surface area contributed by atoms with E-state index in [0.29, 0.717) is 12.5 Å². The van der Waals surface area contributed by atoms with Crippen LogP contribution >= 0.6 is 11.8 Å². The molecule has 0 radical (unpaired) electrons. The lowest BCUT2D eigenvalue weighted by atomic mass is 10.2. The van der Waals surface area contributed by atoms with Gasteiger partial charge in [-0.2, -0.15) is 0 Å². The summed E-state index contributed by atoms with van der Waals surface area (Å²) in [6, 6.07) is 8.85. The zero-order chi connectivity index (χ0) is 12.7. The second-order valence-corrected chi connectivity index (χ2v) is 5.42. The topological polar surface area (TPSA) is 55.1 Å². The van der Waals surface area contributed by atoms with E-state index < -0.39 is 0 Å². The maximum Gasteiger partial charge on any atom is 0.218 e. The van der Waals surface area contributed by atoms with Crippen molar-refractivity contribution in [1.29, 1.82) is 0 Å². The molecule has 1 aromatic carbocycles. The minimum Gasteiger partial charge on any atom is -0.370 e. The van der Waals surface area contributed by atoms with Crippen molar-refractivity contribution in [3.63, 3.8) is 0 Å². The fourth-order valence-electron chi connectivity index (χ4n) is 1.34. The Labute approximate surface area is 107 Å². The summed E-state index contributed by atoms with van der Waals surface area (Å²) < 4.78 is 0. The zero-order valence-electron chi connectivity index (χ0n) is 10.4. The third kappa shape index (κ3) is 6.34. The fourth-order valence-corrected chi connectivity index (χ4v) is 2.29. The minimum absolute atomic E-state index is 0.241. The molecule has 0 fully saturated rings. The van der Waals surface area contributed by atoms with E-state index in [9.17, 15) is 4.79 Å². The summed E-state index contributed by atoms with van der Waals surface area (Å²) >= 11 is 1.67. The van der Waals surface area contributed by atoms with Crippen LogP contribution in [0.3, 0.4) is 0 Å². The first-order valence-corrected chi connectivity index (χ1v) is 6.80. The van der Waals surface area contributed by atoms with Crippen LogP contribution < -0.4 is 11.1 Å². The number of benzene rings is 1. The highest BCUT2D eigenvalue weighted by atomic mass is 32.2. The Balaban J connectivity index is 2.45. The van der Waals surface area contributed by atoms with Crippen LogP contribution in [0.1, 0.15) is 25.8 Å². The van der Waals surface area contributed by atoms with Gasteiger partial charge in [-0.05, 0) is 17.7 Å². The van der Waals surface area contributed by atoms with Gasteiger partial charge in [-0.25, -0.2) is 0 Å². The predicted octanol–water partition coefficient (Wildman–Crippen LogP) is 2.15. The predicted molar refractivity (Wildman–Crippen MR) is 73.0 cm³/mol. The quantitative estimate of drug-likeness (QED) is 0.731. The summed E-state index contributed by atoms with van der Waals surface area (Å²) in [6.45, 7) is 5.14. The molecule has 0 spiro atoms. The Morgan fingerprint density at radius 2 is 2.24 bits per heavy atom. The van der Waals surface area contributed by atoms with Crippen LogP contribution in [-0.4, -0.2) is 17.7 Å². The molecule has 0 saturated heterocycles. The van der Waals surface area contributed by atoms with Crippen LogP contribution in [0.4, 0.5) is 0 Å². The van der Waals surface area contributed by atoms with Crippen molar-refractivity contribution >= 4 is 17.7 Å². The lowest BCUT2D eigenvalue weighted by molar-refractivity contribution is -0.117. The first-order valence-electron chi connectivity index (χ1n) is 5.81. The number of carbonyl (C=O) groups excluding carboxylic acids is 1. The molecule has 0 aliphatic heterocycles. The molecule has 1 amide bonds. The number of hydrogen-bond acceptors (Lipinski definition) is 3. The number of amides is 1. The van der Waals surface area contributed by atoms with E-state index in [1.54, 1.807) is 11.8 Å². The summed E-state index contributed by atoms with van der Waals surface area (Å²) in [4.78, 5) is 11.8. The van der Waals surface area contributed by atoms with Gasteiger partial charge >= 0.3 is 0 Å². The van der Waals surface area contributed by atoms with E-state index in [0.717, 1.165) is 12.3 Å². The van der Waals surface area contributed by atoms with Crippen molar-refractivity contribution in [3.8, 4) is 0 Å². The van der Waals surface area contributed by atoms with Gasteiger partial charge in [-0.3, -0.25) is 4.79 Å². The number of rotatable bonds is 7. The Kier molecular flexibility index (Phi) is 6.08. The number of primary amides is 1. The maximum atomic E-state index is 10.6. The molecule has 0 atom stereocenters. The van der Waals surface area contributed by atoms with Crippen molar-refractivity contribution < 1.29 is 4.79 Å². The van der Waals surface area contributed by atoms with Crippen molar-refractivity contribution in [3.05, 3.63) is 29.8 Å². The first kappa shape index (κ1) is 14.1. The van der Waals surface area contributed by atoms with Crippen LogP contribution in [0.2, 0.25) is 0 Å². The van der Waals surface area contributed by atoms with Crippen LogP contribution in [0.15, 0.2) is 29.2 Å². The number of thioether (sulfide) groups is 1. The molecule has 3 nitrogen and oxygen atoms in total. The maximum absolute atomic E-state index is 10.6. The lowest BCUT2D eigenvalue weighted by Gasteiger charge is -2.09. The van der Waals surface area contributed by atoms with Crippen LogP contribution in [0.5, 0.6) is 0 Å². The largest absolute Gasteiger partial charge is 0.370 e. The summed E-state index contributed by atoms with van der Waals surface area (Å²) in [5.41, 5.74) is 6.37. The number of hydrogen-bond donors (Lipinski definition) is 2. The van der Waals surface area contributed by atoms with Gasteiger partial charge < -0.3 is 11.1 Å². The highest BCUT2D eigenvalue weighted by Crippen LogP contribution is 2.19. The molecule has 0 heterocycles. The van der Waals surface area contributed by atoms with Gasteiger partial charge in [-0.15, -0.1) is 11.8 Å². The van der Waals surface area contributed by atoms with Gasteiger partial charge in [0.1, 0.15) is 0 Å². The van der Waals surface area contributed by atoms with Gasteiger partial charge in [0.2, 0.25) is 5.91 Å². The van der Waals surface area contributed by atoms with E-state index in [1.165, 1.54) is 10.5 Å². The van der Waals surface area contributed by atoms with E-state index in [1.807, 2.05) is 6.07 Å². The first-order chi connectivity index (χ1) is 8.08. The van der Waals surface area contributed by atoms with E-state index in [4.69, 9.17) is 5.73 Å². The summed E-state index contributed by atoms with van der Waals surface area (Å²) in [5.74, 6) is 0.506. The molecule has 94 valence electrons. The Bertz CT molecular complexity index is 366. The lowest BCUT2D eigenvalue weighted by Crippen LogP contribution is -2.21. The van der Waals surface area contributed by atoms with Crippen LogP contribution in [0.25, 0.3) is 0 Å². The molecule has 0 unspecified atom stereocenters. The SMILES string of the molecule is CC(C)NCc1cccc(SCCC(N)=O)c1. The van der Waals surface area contributed by atoms with Crippen LogP contribution in [-0.2, 0) is 11.3 Å². The van der Waals surface area contributed by atoms with Gasteiger partial charge in [0.05, 0.1) is 0 Å². The second kappa shape index (κ2) is 7.35. The molecule has 4 heteroatoms. The van der Waals surface area contributed by atoms with Crippen molar-refractivity contribution in [2.45, 2.75) is 37.8 Å². The molecule has 3 N–H and O–H groups in total. The highest BCUT2D eigenvalue weighted by Gasteiger charge is 2.00. The summed E-state index contributed by atoms with van der Waals surface area (Å²) in [5, 5.41) is 3.38. The summed E-state index contributed by atoms with van der Waals surface area (Å²) in [7, 11) is 0.